The molecule has 0 aliphatic heterocycles. The molecule has 2 aromatic rings. The number of hydrogen-bond donors (Lipinski definition) is 3. The van der Waals surface area contributed by atoms with E-state index in [2.05, 4.69) is 15.6 Å². The third-order valence-corrected chi connectivity index (χ3v) is 3.87. The Morgan fingerprint density at radius 1 is 1.07 bits per heavy atom. The molecule has 2 aromatic carbocycles. The van der Waals surface area contributed by atoms with Crippen molar-refractivity contribution in [2.45, 2.75) is 26.2 Å². The lowest BCUT2D eigenvalue weighted by atomic mass is 10.2. The number of ether oxygens (including phenoxy) is 2. The molecule has 0 saturated heterocycles. The van der Waals surface area contributed by atoms with Crippen LogP contribution in [0.4, 0.5) is 0 Å². The molecule has 0 fully saturated rings. The summed E-state index contributed by atoms with van der Waals surface area (Å²) in [6.45, 7) is 4.32. The molecule has 0 bridgehead atoms. The van der Waals surface area contributed by atoms with E-state index in [9.17, 15) is 5.11 Å². The van der Waals surface area contributed by atoms with E-state index in [1.54, 1.807) is 7.11 Å². The van der Waals surface area contributed by atoms with Gasteiger partial charge in [0, 0.05) is 18.7 Å². The Hall–Kier alpha value is -1.84. The summed E-state index contributed by atoms with van der Waals surface area (Å²) in [6.07, 6.45) is -0.621. The molecular formula is C21H30IN3O3. The van der Waals surface area contributed by atoms with E-state index in [1.165, 1.54) is 0 Å². The first-order chi connectivity index (χ1) is 13.2. The number of nitrogens with one attached hydrogen (secondary N) is 2. The highest BCUT2D eigenvalue weighted by Gasteiger charge is 2.07. The van der Waals surface area contributed by atoms with Crippen LogP contribution in [0.1, 0.15) is 18.1 Å². The number of rotatable bonds is 10. The van der Waals surface area contributed by atoms with Gasteiger partial charge in [0.1, 0.15) is 5.75 Å². The van der Waals surface area contributed by atoms with Crippen molar-refractivity contribution in [1.82, 2.24) is 10.6 Å². The molecule has 0 heterocycles. The molecule has 0 radical (unpaired) electrons. The van der Waals surface area contributed by atoms with Gasteiger partial charge in [0.2, 0.25) is 0 Å². The van der Waals surface area contributed by atoms with E-state index in [4.69, 9.17) is 9.47 Å². The fourth-order valence-electron chi connectivity index (χ4n) is 2.50. The number of nitrogens with zero attached hydrogens (tertiary/aromatic N) is 1. The summed E-state index contributed by atoms with van der Waals surface area (Å²) in [4.78, 5) is 4.55. The van der Waals surface area contributed by atoms with Crippen LogP contribution in [0.3, 0.4) is 0 Å². The van der Waals surface area contributed by atoms with Gasteiger partial charge in [-0.2, -0.15) is 0 Å². The minimum atomic E-state index is -0.621. The lowest BCUT2D eigenvalue weighted by Gasteiger charge is -2.16. The maximum Gasteiger partial charge on any atom is 0.191 e. The Kier molecular flexibility index (Phi) is 12.3. The van der Waals surface area contributed by atoms with Crippen LogP contribution < -0.4 is 15.4 Å². The highest BCUT2D eigenvalue weighted by molar-refractivity contribution is 14.0. The van der Waals surface area contributed by atoms with Crippen molar-refractivity contribution in [2.75, 3.05) is 26.8 Å². The first-order valence-electron chi connectivity index (χ1n) is 9.16. The monoisotopic (exact) mass is 499 g/mol. The molecule has 0 amide bonds. The smallest absolute Gasteiger partial charge is 0.191 e. The minimum absolute atomic E-state index is 0. The molecule has 28 heavy (non-hydrogen) atoms. The van der Waals surface area contributed by atoms with Gasteiger partial charge in [0.25, 0.3) is 0 Å². The van der Waals surface area contributed by atoms with Gasteiger partial charge in [-0.1, -0.05) is 48.5 Å². The molecule has 6 nitrogen and oxygen atoms in total. The number of guanidine groups is 1. The summed E-state index contributed by atoms with van der Waals surface area (Å²) in [5.74, 6) is 1.46. The Morgan fingerprint density at radius 3 is 2.50 bits per heavy atom. The maximum atomic E-state index is 10.1. The van der Waals surface area contributed by atoms with Crippen molar-refractivity contribution in [3.05, 3.63) is 65.7 Å². The zero-order valence-corrected chi connectivity index (χ0v) is 18.8. The van der Waals surface area contributed by atoms with Crippen molar-refractivity contribution in [3.8, 4) is 5.75 Å². The quantitative estimate of drug-likeness (QED) is 0.266. The second kappa shape index (κ2) is 14.2. The van der Waals surface area contributed by atoms with Crippen LogP contribution in [-0.4, -0.2) is 44.0 Å². The summed E-state index contributed by atoms with van der Waals surface area (Å²) < 4.78 is 10.9. The molecule has 0 aromatic heterocycles. The summed E-state index contributed by atoms with van der Waals surface area (Å²) in [6, 6.07) is 17.7. The van der Waals surface area contributed by atoms with Gasteiger partial charge in [0.05, 0.1) is 33.0 Å². The number of halogens is 1. The fraction of sp³-hybridized carbons (Fsp3) is 0.381. The SMILES string of the molecule is CCNC(=NCc1ccccc1OC)NCC(O)COCc1ccccc1.I. The second-order valence-corrected chi connectivity index (χ2v) is 6.04. The molecule has 1 unspecified atom stereocenters. The summed E-state index contributed by atoms with van der Waals surface area (Å²) in [7, 11) is 1.65. The number of benzene rings is 2. The predicted molar refractivity (Wildman–Crippen MR) is 123 cm³/mol. The van der Waals surface area contributed by atoms with Crippen molar-refractivity contribution in [1.29, 1.82) is 0 Å². The van der Waals surface area contributed by atoms with E-state index in [1.807, 2.05) is 61.5 Å². The Labute approximate surface area is 184 Å². The highest BCUT2D eigenvalue weighted by Crippen LogP contribution is 2.17. The van der Waals surface area contributed by atoms with Crippen molar-refractivity contribution in [2.24, 2.45) is 4.99 Å². The van der Waals surface area contributed by atoms with Crippen molar-refractivity contribution in [3.63, 3.8) is 0 Å². The number of methoxy groups -OCH3 is 1. The molecule has 7 heteroatoms. The lowest BCUT2D eigenvalue weighted by molar-refractivity contribution is 0.0308. The first kappa shape index (κ1) is 24.2. The van der Waals surface area contributed by atoms with Crippen molar-refractivity contribution < 1.29 is 14.6 Å². The molecule has 0 aliphatic rings. The summed E-state index contributed by atoms with van der Waals surface area (Å²) in [5.41, 5.74) is 2.09. The van der Waals surface area contributed by atoms with E-state index in [0.717, 1.165) is 23.4 Å². The fourth-order valence-corrected chi connectivity index (χ4v) is 2.50. The van der Waals surface area contributed by atoms with Crippen LogP contribution in [0, 0.1) is 0 Å². The average Bonchev–Trinajstić information content (AvgIpc) is 2.71. The lowest BCUT2D eigenvalue weighted by Crippen LogP contribution is -2.42. The average molecular weight is 499 g/mol. The van der Waals surface area contributed by atoms with E-state index in [0.29, 0.717) is 25.7 Å². The number of hydrogen-bond acceptors (Lipinski definition) is 4. The topological polar surface area (TPSA) is 75.1 Å². The van der Waals surface area contributed by atoms with Gasteiger partial charge >= 0.3 is 0 Å². The van der Waals surface area contributed by atoms with E-state index >= 15 is 0 Å². The third kappa shape index (κ3) is 8.90. The zero-order valence-electron chi connectivity index (χ0n) is 16.4. The van der Waals surface area contributed by atoms with Crippen molar-refractivity contribution >= 4 is 29.9 Å². The minimum Gasteiger partial charge on any atom is -0.496 e. The van der Waals surface area contributed by atoms with Gasteiger partial charge in [-0.3, -0.25) is 0 Å². The van der Waals surface area contributed by atoms with Gasteiger partial charge < -0.3 is 25.2 Å². The normalized spacial score (nSPS) is 12.0. The first-order valence-corrected chi connectivity index (χ1v) is 9.16. The van der Waals surface area contributed by atoms with Crippen LogP contribution in [0.2, 0.25) is 0 Å². The number of para-hydroxylation sites is 1. The van der Waals surface area contributed by atoms with Gasteiger partial charge in [0.15, 0.2) is 5.96 Å². The molecule has 2 rings (SSSR count). The Morgan fingerprint density at radius 2 is 1.79 bits per heavy atom. The predicted octanol–water partition coefficient (Wildman–Crippen LogP) is 2.95. The van der Waals surface area contributed by atoms with Crippen LogP contribution in [-0.2, 0) is 17.9 Å². The largest absolute Gasteiger partial charge is 0.496 e. The highest BCUT2D eigenvalue weighted by atomic mass is 127. The third-order valence-electron chi connectivity index (χ3n) is 3.87. The van der Waals surface area contributed by atoms with E-state index in [-0.39, 0.29) is 30.6 Å². The van der Waals surface area contributed by atoms with E-state index < -0.39 is 6.10 Å². The van der Waals surface area contributed by atoms with Gasteiger partial charge in [-0.05, 0) is 18.6 Å². The molecule has 154 valence electrons. The Balaban J connectivity index is 0.00000392. The second-order valence-electron chi connectivity index (χ2n) is 6.04. The number of aliphatic hydroxyl groups excluding tert-OH is 1. The molecular weight excluding hydrogens is 469 g/mol. The van der Waals surface area contributed by atoms with Crippen LogP contribution in [0.5, 0.6) is 5.75 Å². The number of aliphatic hydroxyl groups is 1. The Bertz CT molecular complexity index is 698. The van der Waals surface area contributed by atoms with Gasteiger partial charge in [-0.15, -0.1) is 24.0 Å². The molecule has 0 aliphatic carbocycles. The molecule has 0 spiro atoms. The molecule has 1 atom stereocenters. The molecule has 0 saturated carbocycles. The number of aliphatic imine (C=N–C) groups is 1. The maximum absolute atomic E-state index is 10.1. The van der Waals surface area contributed by atoms with Crippen LogP contribution in [0.25, 0.3) is 0 Å². The van der Waals surface area contributed by atoms with Gasteiger partial charge in [-0.25, -0.2) is 4.99 Å². The van der Waals surface area contributed by atoms with Crippen LogP contribution >= 0.6 is 24.0 Å². The molecule has 3 N–H and O–H groups in total. The summed E-state index contributed by atoms with van der Waals surface area (Å²) in [5, 5.41) is 16.4. The zero-order chi connectivity index (χ0) is 19.3. The van der Waals surface area contributed by atoms with Crippen LogP contribution in [0.15, 0.2) is 59.6 Å². The summed E-state index contributed by atoms with van der Waals surface area (Å²) >= 11 is 0. The standard InChI is InChI=1S/C21H29N3O3.HI/c1-3-22-21(23-13-18-11-7-8-12-20(18)26-2)24-14-19(25)16-27-15-17-9-5-4-6-10-17;/h4-12,19,25H,3,13-16H2,1-2H3,(H2,22,23,24);1H.